The van der Waals surface area contributed by atoms with Crippen molar-refractivity contribution in [3.8, 4) is 6.07 Å². The molecule has 16 heavy (non-hydrogen) atoms. The van der Waals surface area contributed by atoms with Crippen molar-refractivity contribution < 1.29 is 0 Å². The van der Waals surface area contributed by atoms with Crippen LogP contribution in [0.4, 0.5) is 5.82 Å². The summed E-state index contributed by atoms with van der Waals surface area (Å²) in [6.07, 6.45) is 3.28. The molecule has 0 saturated carbocycles. The zero-order valence-electron chi connectivity index (χ0n) is 8.46. The minimum Gasteiger partial charge on any atom is -0.364 e. The van der Waals surface area contributed by atoms with Gasteiger partial charge >= 0.3 is 0 Å². The van der Waals surface area contributed by atoms with Crippen LogP contribution < -0.4 is 5.32 Å². The van der Waals surface area contributed by atoms with Crippen LogP contribution in [0.15, 0.2) is 36.7 Å². The van der Waals surface area contributed by atoms with E-state index in [9.17, 15) is 0 Å². The van der Waals surface area contributed by atoms with Crippen molar-refractivity contribution in [1.29, 1.82) is 5.26 Å². The predicted molar refractivity (Wildman–Crippen MR) is 58.3 cm³/mol. The first-order valence-corrected chi connectivity index (χ1v) is 4.75. The Labute approximate surface area is 92.8 Å². The van der Waals surface area contributed by atoms with E-state index in [-0.39, 0.29) is 5.82 Å². The van der Waals surface area contributed by atoms with Gasteiger partial charge in [0.15, 0.2) is 0 Å². The molecule has 0 radical (unpaired) electrons. The number of anilines is 1. The second kappa shape index (κ2) is 4.84. The van der Waals surface area contributed by atoms with Crippen LogP contribution >= 0.6 is 0 Å². The summed E-state index contributed by atoms with van der Waals surface area (Å²) in [6.45, 7) is 0.572. The molecular weight excluding hydrogens is 202 g/mol. The van der Waals surface area contributed by atoms with E-state index in [0.29, 0.717) is 12.4 Å². The molecule has 2 aromatic heterocycles. The molecule has 0 aliphatic carbocycles. The van der Waals surface area contributed by atoms with E-state index in [2.05, 4.69) is 20.3 Å². The molecule has 0 amide bonds. The van der Waals surface area contributed by atoms with Crippen LogP contribution in [0.3, 0.4) is 0 Å². The fourth-order valence-corrected chi connectivity index (χ4v) is 1.19. The molecular formula is C11H9N5. The summed E-state index contributed by atoms with van der Waals surface area (Å²) >= 11 is 0. The van der Waals surface area contributed by atoms with Crippen LogP contribution in [0, 0.1) is 11.3 Å². The molecule has 0 spiro atoms. The molecule has 0 unspecified atom stereocenters. The third-order valence-corrected chi connectivity index (χ3v) is 1.93. The average Bonchev–Trinajstić information content (AvgIpc) is 2.38. The first-order valence-electron chi connectivity index (χ1n) is 4.75. The van der Waals surface area contributed by atoms with Gasteiger partial charge in [-0.1, -0.05) is 6.07 Å². The summed E-state index contributed by atoms with van der Waals surface area (Å²) in [5.74, 6) is 0.781. The van der Waals surface area contributed by atoms with Gasteiger partial charge in [0.05, 0.1) is 12.2 Å². The molecule has 0 aliphatic rings. The monoisotopic (exact) mass is 211 g/mol. The highest BCUT2D eigenvalue weighted by molar-refractivity contribution is 5.35. The van der Waals surface area contributed by atoms with E-state index < -0.39 is 0 Å². The lowest BCUT2D eigenvalue weighted by atomic mass is 10.3. The molecule has 0 aliphatic heterocycles. The van der Waals surface area contributed by atoms with Crippen LogP contribution in [0.1, 0.15) is 11.5 Å². The lowest BCUT2D eigenvalue weighted by Gasteiger charge is -2.03. The Balaban J connectivity index is 2.03. The quantitative estimate of drug-likeness (QED) is 0.829. The van der Waals surface area contributed by atoms with Crippen molar-refractivity contribution in [2.45, 2.75) is 6.54 Å². The number of hydrogen-bond donors (Lipinski definition) is 1. The average molecular weight is 211 g/mol. The number of rotatable bonds is 3. The van der Waals surface area contributed by atoms with Gasteiger partial charge in [0, 0.05) is 12.4 Å². The number of nitrogens with zero attached hydrogens (tertiary/aromatic N) is 4. The Kier molecular flexibility index (Phi) is 3.04. The molecule has 5 heteroatoms. The minimum atomic E-state index is 0.158. The van der Waals surface area contributed by atoms with Gasteiger partial charge in [-0.25, -0.2) is 9.97 Å². The Hall–Kier alpha value is -2.48. The summed E-state index contributed by atoms with van der Waals surface area (Å²) in [5, 5.41) is 11.7. The van der Waals surface area contributed by atoms with Gasteiger partial charge in [0.2, 0.25) is 5.82 Å². The molecule has 5 nitrogen and oxygen atoms in total. The first kappa shape index (κ1) is 10.1. The minimum absolute atomic E-state index is 0.158. The van der Waals surface area contributed by atoms with Gasteiger partial charge in [0.1, 0.15) is 11.9 Å². The van der Waals surface area contributed by atoms with Crippen molar-refractivity contribution in [1.82, 2.24) is 15.0 Å². The van der Waals surface area contributed by atoms with Crippen molar-refractivity contribution in [3.05, 3.63) is 48.2 Å². The van der Waals surface area contributed by atoms with Gasteiger partial charge < -0.3 is 5.32 Å². The van der Waals surface area contributed by atoms with Crippen molar-refractivity contribution in [2.75, 3.05) is 5.32 Å². The fourth-order valence-electron chi connectivity index (χ4n) is 1.19. The third-order valence-electron chi connectivity index (χ3n) is 1.93. The van der Waals surface area contributed by atoms with Gasteiger partial charge in [0.25, 0.3) is 0 Å². The van der Waals surface area contributed by atoms with E-state index in [1.165, 1.54) is 0 Å². The molecule has 78 valence electrons. The SMILES string of the molecule is N#Cc1nccc(NCc2ccccn2)n1. The second-order valence-electron chi connectivity index (χ2n) is 3.05. The summed E-state index contributed by atoms with van der Waals surface area (Å²) in [5.41, 5.74) is 0.916. The molecule has 2 aromatic rings. The van der Waals surface area contributed by atoms with Gasteiger partial charge in [-0.05, 0) is 18.2 Å². The largest absolute Gasteiger partial charge is 0.364 e. The lowest BCUT2D eigenvalue weighted by Crippen LogP contribution is -2.04. The predicted octanol–water partition coefficient (Wildman–Crippen LogP) is 1.36. The van der Waals surface area contributed by atoms with Gasteiger partial charge in [-0.15, -0.1) is 0 Å². The number of pyridine rings is 1. The molecule has 0 bridgehead atoms. The Morgan fingerprint density at radius 2 is 2.12 bits per heavy atom. The molecule has 0 aromatic carbocycles. The van der Waals surface area contributed by atoms with Crippen molar-refractivity contribution >= 4 is 5.82 Å². The summed E-state index contributed by atoms with van der Waals surface area (Å²) < 4.78 is 0. The molecule has 0 atom stereocenters. The maximum atomic E-state index is 8.63. The number of nitrogens with one attached hydrogen (secondary N) is 1. The summed E-state index contributed by atoms with van der Waals surface area (Å²) in [6, 6.07) is 9.30. The highest BCUT2D eigenvalue weighted by atomic mass is 15.0. The highest BCUT2D eigenvalue weighted by Crippen LogP contribution is 2.03. The van der Waals surface area contributed by atoms with E-state index in [1.54, 1.807) is 18.5 Å². The Morgan fingerprint density at radius 3 is 2.88 bits per heavy atom. The fraction of sp³-hybridized carbons (Fsp3) is 0.0909. The maximum Gasteiger partial charge on any atom is 0.234 e. The second-order valence-corrected chi connectivity index (χ2v) is 3.05. The van der Waals surface area contributed by atoms with Crippen molar-refractivity contribution in [2.24, 2.45) is 0 Å². The zero-order valence-corrected chi connectivity index (χ0v) is 8.46. The summed E-state index contributed by atoms with van der Waals surface area (Å²) in [7, 11) is 0. The van der Waals surface area contributed by atoms with Crippen LogP contribution in [-0.2, 0) is 6.54 Å². The van der Waals surface area contributed by atoms with Crippen molar-refractivity contribution in [3.63, 3.8) is 0 Å². The van der Waals surface area contributed by atoms with Crippen LogP contribution in [-0.4, -0.2) is 15.0 Å². The van der Waals surface area contributed by atoms with Crippen LogP contribution in [0.2, 0.25) is 0 Å². The Bertz CT molecular complexity index is 503. The first-order chi connectivity index (χ1) is 7.88. The zero-order chi connectivity index (χ0) is 11.2. The number of nitriles is 1. The van der Waals surface area contributed by atoms with Gasteiger partial charge in [-0.3, -0.25) is 4.98 Å². The Morgan fingerprint density at radius 1 is 1.19 bits per heavy atom. The topological polar surface area (TPSA) is 74.5 Å². The van der Waals surface area contributed by atoms with E-state index in [0.717, 1.165) is 5.69 Å². The smallest absolute Gasteiger partial charge is 0.234 e. The molecule has 0 saturated heterocycles. The lowest BCUT2D eigenvalue weighted by molar-refractivity contribution is 1.01. The van der Waals surface area contributed by atoms with E-state index in [1.807, 2.05) is 24.3 Å². The summed E-state index contributed by atoms with van der Waals surface area (Å²) in [4.78, 5) is 11.9. The normalized spacial score (nSPS) is 9.44. The van der Waals surface area contributed by atoms with Crippen LogP contribution in [0.5, 0.6) is 0 Å². The molecule has 1 N–H and O–H groups in total. The highest BCUT2D eigenvalue weighted by Gasteiger charge is 1.98. The standard InChI is InChI=1S/C11H9N5/c12-7-11-14-6-4-10(16-11)15-8-9-3-1-2-5-13-9/h1-6H,8H2,(H,14,15,16). The third kappa shape index (κ3) is 2.51. The van der Waals surface area contributed by atoms with Crippen LogP contribution in [0.25, 0.3) is 0 Å². The number of aromatic nitrogens is 3. The molecule has 2 rings (SSSR count). The molecule has 2 heterocycles. The molecule has 0 fully saturated rings. The van der Waals surface area contributed by atoms with E-state index >= 15 is 0 Å². The van der Waals surface area contributed by atoms with Gasteiger partial charge in [-0.2, -0.15) is 5.26 Å². The number of hydrogen-bond acceptors (Lipinski definition) is 5. The maximum absolute atomic E-state index is 8.63. The van der Waals surface area contributed by atoms with E-state index in [4.69, 9.17) is 5.26 Å².